The van der Waals surface area contributed by atoms with Crippen LogP contribution in [0.4, 0.5) is 5.69 Å². The molecule has 3 nitrogen and oxygen atoms in total. The van der Waals surface area contributed by atoms with E-state index in [0.717, 1.165) is 29.7 Å². The molecule has 1 rings (SSSR count). The lowest BCUT2D eigenvalue weighted by atomic mass is 10.1. The highest BCUT2D eigenvalue weighted by Gasteiger charge is 2.12. The number of nitrogens with zero attached hydrogens (tertiary/aromatic N) is 2. The van der Waals surface area contributed by atoms with Gasteiger partial charge in [0, 0.05) is 35.8 Å². The average Bonchev–Trinajstić information content (AvgIpc) is 2.33. The van der Waals surface area contributed by atoms with Gasteiger partial charge in [-0.3, -0.25) is 0 Å². The zero-order chi connectivity index (χ0) is 15.3. The number of hydrogen-bond acceptors (Lipinski definition) is 3. The number of nitrogens with two attached hydrogens (primary N) is 1. The van der Waals surface area contributed by atoms with Crippen LogP contribution < -0.4 is 10.6 Å². The lowest BCUT2D eigenvalue weighted by Crippen LogP contribution is -2.34. The van der Waals surface area contributed by atoms with Gasteiger partial charge in [0.25, 0.3) is 0 Å². The molecule has 1 aromatic carbocycles. The van der Waals surface area contributed by atoms with Gasteiger partial charge in [-0.1, -0.05) is 35.8 Å². The van der Waals surface area contributed by atoms with E-state index in [-0.39, 0.29) is 6.04 Å². The van der Waals surface area contributed by atoms with Gasteiger partial charge in [-0.2, -0.15) is 0 Å². The largest absolute Gasteiger partial charge is 0.370 e. The van der Waals surface area contributed by atoms with E-state index in [4.69, 9.17) is 5.73 Å². The summed E-state index contributed by atoms with van der Waals surface area (Å²) in [5.41, 5.74) is 8.39. The normalized spacial score (nSPS) is 13.1. The molecule has 0 heterocycles. The summed E-state index contributed by atoms with van der Waals surface area (Å²) in [6.45, 7) is 9.69. The average molecular weight is 342 g/mol. The number of likely N-dealkylation sites (N-methyl/N-ethyl adjacent to an activating group) is 1. The Morgan fingerprint density at radius 1 is 1.15 bits per heavy atom. The van der Waals surface area contributed by atoms with E-state index in [1.807, 2.05) is 6.92 Å². The van der Waals surface area contributed by atoms with Crippen LogP contribution in [0.5, 0.6) is 0 Å². The van der Waals surface area contributed by atoms with Gasteiger partial charge >= 0.3 is 0 Å². The molecule has 0 saturated heterocycles. The predicted octanol–water partition coefficient (Wildman–Crippen LogP) is 3.49. The molecule has 114 valence electrons. The van der Waals surface area contributed by atoms with Crippen LogP contribution >= 0.6 is 15.9 Å². The lowest BCUT2D eigenvalue weighted by molar-refractivity contribution is 0.409. The summed E-state index contributed by atoms with van der Waals surface area (Å²) in [5.74, 6) is 0.643. The van der Waals surface area contributed by atoms with Gasteiger partial charge in [0.15, 0.2) is 0 Å². The van der Waals surface area contributed by atoms with Crippen LogP contribution in [0.2, 0.25) is 0 Å². The van der Waals surface area contributed by atoms with E-state index in [1.165, 1.54) is 5.69 Å². The summed E-state index contributed by atoms with van der Waals surface area (Å²) in [4.78, 5) is 4.67. The Morgan fingerprint density at radius 2 is 1.80 bits per heavy atom. The molecule has 0 amide bonds. The molecule has 2 N–H and O–H groups in total. The second-order valence-electron chi connectivity index (χ2n) is 6.14. The van der Waals surface area contributed by atoms with Crippen molar-refractivity contribution in [3.8, 4) is 0 Å². The molecule has 0 spiro atoms. The molecular weight excluding hydrogens is 314 g/mol. The van der Waals surface area contributed by atoms with Gasteiger partial charge in [0.1, 0.15) is 0 Å². The highest BCUT2D eigenvalue weighted by atomic mass is 79.9. The third-order valence-corrected chi connectivity index (χ3v) is 3.93. The van der Waals surface area contributed by atoms with E-state index < -0.39 is 0 Å². The van der Waals surface area contributed by atoms with Crippen molar-refractivity contribution in [1.29, 1.82) is 0 Å². The monoisotopic (exact) mass is 341 g/mol. The first-order valence-corrected chi connectivity index (χ1v) is 8.05. The minimum atomic E-state index is 0.0544. The smallest absolute Gasteiger partial charge is 0.0378 e. The zero-order valence-corrected chi connectivity index (χ0v) is 14.9. The van der Waals surface area contributed by atoms with Crippen LogP contribution in [0.3, 0.4) is 0 Å². The molecule has 0 aromatic heterocycles. The minimum absolute atomic E-state index is 0.0544. The van der Waals surface area contributed by atoms with Crippen molar-refractivity contribution in [3.05, 3.63) is 28.2 Å². The number of rotatable bonds is 7. The quantitative estimate of drug-likeness (QED) is 0.823. The van der Waals surface area contributed by atoms with Gasteiger partial charge in [0.05, 0.1) is 0 Å². The summed E-state index contributed by atoms with van der Waals surface area (Å²) >= 11 is 3.65. The molecule has 1 aromatic rings. The topological polar surface area (TPSA) is 32.5 Å². The highest BCUT2D eigenvalue weighted by molar-refractivity contribution is 9.10. The Bertz CT molecular complexity index is 416. The van der Waals surface area contributed by atoms with Crippen LogP contribution in [-0.4, -0.2) is 38.6 Å². The molecule has 0 aliphatic heterocycles. The number of anilines is 1. The van der Waals surface area contributed by atoms with Crippen LogP contribution in [0.25, 0.3) is 0 Å². The standard InChI is InChI=1S/C16H28BrN3/c1-12(2)11-20(9-8-19(4)5)14-6-7-15(13(3)18)16(17)10-14/h6-7,10,12-13H,8-9,11,18H2,1-5H3/t13-/m1/s1. The molecule has 1 atom stereocenters. The van der Waals surface area contributed by atoms with E-state index in [9.17, 15) is 0 Å². The first-order valence-electron chi connectivity index (χ1n) is 7.26. The van der Waals surface area contributed by atoms with E-state index in [1.54, 1.807) is 0 Å². The molecule has 0 unspecified atom stereocenters. The van der Waals surface area contributed by atoms with E-state index in [0.29, 0.717) is 5.92 Å². The third kappa shape index (κ3) is 5.43. The molecule has 0 fully saturated rings. The molecule has 0 saturated carbocycles. The third-order valence-electron chi connectivity index (χ3n) is 3.24. The first kappa shape index (κ1) is 17.5. The van der Waals surface area contributed by atoms with Crippen molar-refractivity contribution >= 4 is 21.6 Å². The summed E-state index contributed by atoms with van der Waals surface area (Å²) in [6, 6.07) is 6.56. The second kappa shape index (κ2) is 8.01. The minimum Gasteiger partial charge on any atom is -0.370 e. The van der Waals surface area contributed by atoms with Crippen LogP contribution in [-0.2, 0) is 0 Å². The van der Waals surface area contributed by atoms with Crippen molar-refractivity contribution in [2.45, 2.75) is 26.8 Å². The molecule has 0 radical (unpaired) electrons. The maximum atomic E-state index is 5.97. The van der Waals surface area contributed by atoms with Crippen molar-refractivity contribution in [3.63, 3.8) is 0 Å². The van der Waals surface area contributed by atoms with Gasteiger partial charge < -0.3 is 15.5 Å². The predicted molar refractivity (Wildman–Crippen MR) is 92.3 cm³/mol. The zero-order valence-electron chi connectivity index (χ0n) is 13.4. The van der Waals surface area contributed by atoms with Crippen molar-refractivity contribution in [2.75, 3.05) is 38.6 Å². The maximum Gasteiger partial charge on any atom is 0.0378 e. The Labute approximate surface area is 132 Å². The highest BCUT2D eigenvalue weighted by Crippen LogP contribution is 2.27. The SMILES string of the molecule is CC(C)CN(CCN(C)C)c1ccc([C@@H](C)N)c(Br)c1. The fraction of sp³-hybridized carbons (Fsp3) is 0.625. The summed E-state index contributed by atoms with van der Waals surface area (Å²) in [5, 5.41) is 0. The van der Waals surface area contributed by atoms with Gasteiger partial charge in [-0.15, -0.1) is 0 Å². The van der Waals surface area contributed by atoms with Crippen LogP contribution in [0, 0.1) is 5.92 Å². The fourth-order valence-corrected chi connectivity index (χ4v) is 2.90. The molecule has 20 heavy (non-hydrogen) atoms. The number of benzene rings is 1. The van der Waals surface area contributed by atoms with Crippen molar-refractivity contribution < 1.29 is 0 Å². The first-order chi connectivity index (χ1) is 9.31. The second-order valence-corrected chi connectivity index (χ2v) is 6.99. The molecule has 0 bridgehead atoms. The van der Waals surface area contributed by atoms with Gasteiger partial charge in [-0.05, 0) is 44.6 Å². The maximum absolute atomic E-state index is 5.97. The van der Waals surface area contributed by atoms with Gasteiger partial charge in [0.2, 0.25) is 0 Å². The number of halogens is 1. The fourth-order valence-electron chi connectivity index (χ4n) is 2.17. The molecule has 0 aliphatic rings. The van der Waals surface area contributed by atoms with Crippen molar-refractivity contribution in [1.82, 2.24) is 4.90 Å². The Balaban J connectivity index is 2.92. The Kier molecular flexibility index (Phi) is 7.00. The Hall–Kier alpha value is -0.580. The van der Waals surface area contributed by atoms with Crippen molar-refractivity contribution in [2.24, 2.45) is 11.7 Å². The van der Waals surface area contributed by atoms with Crippen LogP contribution in [0.15, 0.2) is 22.7 Å². The van der Waals surface area contributed by atoms with Gasteiger partial charge in [-0.25, -0.2) is 0 Å². The van der Waals surface area contributed by atoms with E-state index >= 15 is 0 Å². The summed E-state index contributed by atoms with van der Waals surface area (Å²) in [7, 11) is 4.23. The molecule has 4 heteroatoms. The lowest BCUT2D eigenvalue weighted by Gasteiger charge is -2.28. The Morgan fingerprint density at radius 3 is 2.25 bits per heavy atom. The van der Waals surface area contributed by atoms with Crippen LogP contribution in [0.1, 0.15) is 32.4 Å². The number of hydrogen-bond donors (Lipinski definition) is 1. The molecule has 0 aliphatic carbocycles. The summed E-state index contributed by atoms with van der Waals surface area (Å²) < 4.78 is 1.10. The summed E-state index contributed by atoms with van der Waals surface area (Å²) in [6.07, 6.45) is 0. The molecular formula is C16H28BrN3. The van der Waals surface area contributed by atoms with E-state index in [2.05, 4.69) is 71.9 Å².